The van der Waals surface area contributed by atoms with Crippen LogP contribution in [-0.4, -0.2) is 61.2 Å². The van der Waals surface area contributed by atoms with Crippen LogP contribution in [0.5, 0.6) is 0 Å². The van der Waals surface area contributed by atoms with Gasteiger partial charge in [-0.3, -0.25) is 9.59 Å². The molecule has 3 aromatic rings. The van der Waals surface area contributed by atoms with E-state index in [9.17, 15) is 9.59 Å². The van der Waals surface area contributed by atoms with Crippen molar-refractivity contribution in [3.05, 3.63) is 77.2 Å². The predicted molar refractivity (Wildman–Crippen MR) is 136 cm³/mol. The number of aromatic nitrogens is 2. The van der Waals surface area contributed by atoms with E-state index in [1.807, 2.05) is 49.4 Å². The predicted octanol–water partition coefficient (Wildman–Crippen LogP) is 2.57. The van der Waals surface area contributed by atoms with Gasteiger partial charge in [-0.25, -0.2) is 9.97 Å². The van der Waals surface area contributed by atoms with Crippen molar-refractivity contribution < 1.29 is 14.3 Å². The Kier molecular flexibility index (Phi) is 8.21. The molecule has 36 heavy (non-hydrogen) atoms. The summed E-state index contributed by atoms with van der Waals surface area (Å²) in [6.45, 7) is 5.19. The first-order chi connectivity index (χ1) is 17.6. The molecule has 1 aromatic heterocycles. The molecule has 2 aromatic carbocycles. The van der Waals surface area contributed by atoms with Crippen molar-refractivity contribution in [3.63, 3.8) is 0 Å². The highest BCUT2D eigenvalue weighted by molar-refractivity contribution is 6.00. The fourth-order valence-electron chi connectivity index (χ4n) is 4.05. The Balaban J connectivity index is 1.54. The minimum absolute atomic E-state index is 0.0366. The zero-order valence-corrected chi connectivity index (χ0v) is 20.2. The van der Waals surface area contributed by atoms with E-state index in [1.54, 1.807) is 18.3 Å². The van der Waals surface area contributed by atoms with E-state index >= 15 is 0 Å². The maximum atomic E-state index is 12.8. The molecule has 0 radical (unpaired) electrons. The number of ether oxygens (including phenoxy) is 1. The first-order valence-corrected chi connectivity index (χ1v) is 11.9. The standard InChI is InChI=1S/C27H28N6O3/c1-2-29-27(35)22-17-19(3-8-24(22)33-13-15-36-16-14-33)18-25-30-11-9-23(32-25)20-4-6-21(7-5-20)26(34)31-12-10-28/h3-9,11,17H,2,12-16,18H2,1H3,(H,29,35)(H,31,34). The normalized spacial score (nSPS) is 13.1. The minimum Gasteiger partial charge on any atom is -0.378 e. The van der Waals surface area contributed by atoms with Gasteiger partial charge in [0.2, 0.25) is 0 Å². The number of carbonyl (C=O) groups excluding carboxylic acids is 2. The van der Waals surface area contributed by atoms with Gasteiger partial charge in [-0.15, -0.1) is 0 Å². The van der Waals surface area contributed by atoms with Gasteiger partial charge >= 0.3 is 0 Å². The number of rotatable bonds is 8. The number of amides is 2. The fourth-order valence-corrected chi connectivity index (χ4v) is 4.05. The van der Waals surface area contributed by atoms with Crippen LogP contribution in [0, 0.1) is 11.3 Å². The van der Waals surface area contributed by atoms with Crippen LogP contribution in [0.25, 0.3) is 11.3 Å². The Morgan fingerprint density at radius 2 is 1.83 bits per heavy atom. The van der Waals surface area contributed by atoms with Crippen molar-refractivity contribution in [1.29, 1.82) is 5.26 Å². The lowest BCUT2D eigenvalue weighted by molar-refractivity contribution is 0.0948. The molecule has 0 bridgehead atoms. The maximum Gasteiger partial charge on any atom is 0.253 e. The second kappa shape index (κ2) is 11.9. The lowest BCUT2D eigenvalue weighted by Gasteiger charge is -2.30. The zero-order chi connectivity index (χ0) is 25.3. The fraction of sp³-hybridized carbons (Fsp3) is 0.296. The van der Waals surface area contributed by atoms with Crippen molar-refractivity contribution in [1.82, 2.24) is 20.6 Å². The lowest BCUT2D eigenvalue weighted by atomic mass is 10.0. The molecule has 1 fully saturated rings. The Morgan fingerprint density at radius 1 is 1.06 bits per heavy atom. The summed E-state index contributed by atoms with van der Waals surface area (Å²) >= 11 is 0. The molecule has 1 saturated heterocycles. The van der Waals surface area contributed by atoms with E-state index in [2.05, 4.69) is 20.5 Å². The van der Waals surface area contributed by atoms with Crippen molar-refractivity contribution in [2.24, 2.45) is 0 Å². The second-order valence-corrected chi connectivity index (χ2v) is 8.26. The third-order valence-electron chi connectivity index (χ3n) is 5.83. The number of hydrogen-bond donors (Lipinski definition) is 2. The van der Waals surface area contributed by atoms with Gasteiger partial charge in [-0.05, 0) is 42.8 Å². The van der Waals surface area contributed by atoms with E-state index in [-0.39, 0.29) is 18.4 Å². The van der Waals surface area contributed by atoms with E-state index in [0.717, 1.165) is 35.6 Å². The van der Waals surface area contributed by atoms with Crippen molar-refractivity contribution in [2.75, 3.05) is 44.3 Å². The largest absolute Gasteiger partial charge is 0.378 e. The number of hydrogen-bond acceptors (Lipinski definition) is 7. The molecule has 184 valence electrons. The maximum absolute atomic E-state index is 12.8. The van der Waals surface area contributed by atoms with Crippen LogP contribution in [0.3, 0.4) is 0 Å². The Morgan fingerprint density at radius 3 is 2.56 bits per heavy atom. The topological polar surface area (TPSA) is 120 Å². The first kappa shape index (κ1) is 24.8. The van der Waals surface area contributed by atoms with Gasteiger partial charge in [-0.2, -0.15) is 5.26 Å². The summed E-state index contributed by atoms with van der Waals surface area (Å²) in [5, 5.41) is 14.1. The highest BCUT2D eigenvalue weighted by Gasteiger charge is 2.19. The van der Waals surface area contributed by atoms with E-state index in [4.69, 9.17) is 15.0 Å². The number of benzene rings is 2. The number of morpholine rings is 1. The molecule has 1 aliphatic heterocycles. The average Bonchev–Trinajstić information content (AvgIpc) is 2.92. The number of nitrogens with zero attached hydrogens (tertiary/aromatic N) is 4. The van der Waals surface area contributed by atoms with Crippen LogP contribution < -0.4 is 15.5 Å². The Hall–Kier alpha value is -4.29. The molecule has 0 aliphatic carbocycles. The summed E-state index contributed by atoms with van der Waals surface area (Å²) in [7, 11) is 0. The summed E-state index contributed by atoms with van der Waals surface area (Å²) in [4.78, 5) is 36.2. The zero-order valence-electron chi connectivity index (χ0n) is 20.2. The molecule has 2 heterocycles. The van der Waals surface area contributed by atoms with Gasteiger partial charge in [-0.1, -0.05) is 18.2 Å². The third kappa shape index (κ3) is 6.03. The first-order valence-electron chi connectivity index (χ1n) is 11.9. The Bertz CT molecular complexity index is 1260. The van der Waals surface area contributed by atoms with Crippen LogP contribution in [0.2, 0.25) is 0 Å². The molecule has 1 aliphatic rings. The monoisotopic (exact) mass is 484 g/mol. The molecule has 9 nitrogen and oxygen atoms in total. The summed E-state index contributed by atoms with van der Waals surface area (Å²) in [6.07, 6.45) is 2.18. The lowest BCUT2D eigenvalue weighted by Crippen LogP contribution is -2.38. The minimum atomic E-state index is -0.296. The molecule has 2 amide bonds. The highest BCUT2D eigenvalue weighted by atomic mass is 16.5. The highest BCUT2D eigenvalue weighted by Crippen LogP contribution is 2.25. The molecule has 9 heteroatoms. The number of nitrogens with one attached hydrogen (secondary N) is 2. The molecule has 2 N–H and O–H groups in total. The van der Waals surface area contributed by atoms with Gasteiger partial charge < -0.3 is 20.3 Å². The molecule has 0 atom stereocenters. The summed E-state index contributed by atoms with van der Waals surface area (Å²) in [5.41, 5.74) is 4.54. The van der Waals surface area contributed by atoms with E-state index < -0.39 is 0 Å². The van der Waals surface area contributed by atoms with Gasteiger partial charge in [0.1, 0.15) is 12.4 Å². The van der Waals surface area contributed by atoms with Crippen LogP contribution >= 0.6 is 0 Å². The molecule has 4 rings (SSSR count). The van der Waals surface area contributed by atoms with Crippen molar-refractivity contribution in [2.45, 2.75) is 13.3 Å². The molecular formula is C27H28N6O3. The van der Waals surface area contributed by atoms with Crippen LogP contribution in [0.15, 0.2) is 54.7 Å². The van der Waals surface area contributed by atoms with Gasteiger partial charge in [0.05, 0.1) is 30.5 Å². The third-order valence-corrected chi connectivity index (χ3v) is 5.83. The number of anilines is 1. The second-order valence-electron chi connectivity index (χ2n) is 8.26. The van der Waals surface area contributed by atoms with E-state index in [1.165, 1.54) is 0 Å². The van der Waals surface area contributed by atoms with E-state index in [0.29, 0.717) is 43.1 Å². The van der Waals surface area contributed by atoms with Gasteiger partial charge in [0, 0.05) is 49.1 Å². The smallest absolute Gasteiger partial charge is 0.253 e. The van der Waals surface area contributed by atoms with Gasteiger partial charge in [0.25, 0.3) is 11.8 Å². The van der Waals surface area contributed by atoms with Crippen LogP contribution in [-0.2, 0) is 11.2 Å². The molecular weight excluding hydrogens is 456 g/mol. The quantitative estimate of drug-likeness (QED) is 0.472. The van der Waals surface area contributed by atoms with Crippen LogP contribution in [0.1, 0.15) is 39.0 Å². The number of nitriles is 1. The SMILES string of the molecule is CCNC(=O)c1cc(Cc2nccc(-c3ccc(C(=O)NCC#N)cc3)n2)ccc1N1CCOCC1. The summed E-state index contributed by atoms with van der Waals surface area (Å²) in [6, 6.07) is 16.7. The van der Waals surface area contributed by atoms with Gasteiger partial charge in [0.15, 0.2) is 0 Å². The molecule has 0 spiro atoms. The average molecular weight is 485 g/mol. The van der Waals surface area contributed by atoms with Crippen molar-refractivity contribution >= 4 is 17.5 Å². The number of carbonyl (C=O) groups is 2. The van der Waals surface area contributed by atoms with Crippen molar-refractivity contribution in [3.8, 4) is 17.3 Å². The Labute approximate surface area is 210 Å². The molecule has 0 saturated carbocycles. The molecule has 0 unspecified atom stereocenters. The summed E-state index contributed by atoms with van der Waals surface area (Å²) in [5.74, 6) is 0.230. The van der Waals surface area contributed by atoms with Crippen LogP contribution in [0.4, 0.5) is 5.69 Å². The summed E-state index contributed by atoms with van der Waals surface area (Å²) < 4.78 is 5.46.